The monoisotopic (exact) mass is 202 g/mol. The SMILES string of the molecule is CC1CN(C(C)C(N)=O)CC(CO)O1. The summed E-state index contributed by atoms with van der Waals surface area (Å²) < 4.78 is 5.45. The van der Waals surface area contributed by atoms with Gasteiger partial charge in [-0.25, -0.2) is 0 Å². The molecule has 5 nitrogen and oxygen atoms in total. The van der Waals surface area contributed by atoms with Crippen LogP contribution in [0.1, 0.15) is 13.8 Å². The fourth-order valence-electron chi connectivity index (χ4n) is 1.68. The number of primary amides is 1. The van der Waals surface area contributed by atoms with Crippen LogP contribution in [0.25, 0.3) is 0 Å². The first-order valence-corrected chi connectivity index (χ1v) is 4.84. The van der Waals surface area contributed by atoms with Gasteiger partial charge in [-0.15, -0.1) is 0 Å². The van der Waals surface area contributed by atoms with Gasteiger partial charge in [0.25, 0.3) is 0 Å². The molecule has 0 aromatic rings. The van der Waals surface area contributed by atoms with Gasteiger partial charge >= 0.3 is 0 Å². The molecule has 82 valence electrons. The second-order valence-corrected chi connectivity index (χ2v) is 3.78. The third kappa shape index (κ3) is 2.67. The zero-order valence-corrected chi connectivity index (χ0v) is 8.64. The Balaban J connectivity index is 2.56. The average Bonchev–Trinajstić information content (AvgIpc) is 2.15. The van der Waals surface area contributed by atoms with Crippen LogP contribution in [0.3, 0.4) is 0 Å². The summed E-state index contributed by atoms with van der Waals surface area (Å²) in [6, 6.07) is -0.296. The summed E-state index contributed by atoms with van der Waals surface area (Å²) in [7, 11) is 0. The van der Waals surface area contributed by atoms with Gasteiger partial charge in [0, 0.05) is 13.1 Å². The van der Waals surface area contributed by atoms with Crippen molar-refractivity contribution in [3.05, 3.63) is 0 Å². The normalized spacial score (nSPS) is 31.4. The van der Waals surface area contributed by atoms with E-state index in [4.69, 9.17) is 15.6 Å². The van der Waals surface area contributed by atoms with Crippen LogP contribution in [0.5, 0.6) is 0 Å². The molecule has 1 fully saturated rings. The summed E-state index contributed by atoms with van der Waals surface area (Å²) in [6.07, 6.45) is -0.178. The van der Waals surface area contributed by atoms with Crippen LogP contribution in [0.2, 0.25) is 0 Å². The zero-order valence-electron chi connectivity index (χ0n) is 8.64. The summed E-state index contributed by atoms with van der Waals surface area (Å²) in [5.74, 6) is -0.337. The van der Waals surface area contributed by atoms with Crippen molar-refractivity contribution in [1.82, 2.24) is 4.90 Å². The molecule has 14 heavy (non-hydrogen) atoms. The molecular formula is C9H18N2O3. The lowest BCUT2D eigenvalue weighted by Gasteiger charge is -2.38. The highest BCUT2D eigenvalue weighted by molar-refractivity contribution is 5.79. The lowest BCUT2D eigenvalue weighted by atomic mass is 10.1. The minimum atomic E-state index is -0.337. The van der Waals surface area contributed by atoms with Crippen LogP contribution in [0.15, 0.2) is 0 Å². The molecule has 0 aromatic carbocycles. The Morgan fingerprint density at radius 1 is 1.71 bits per heavy atom. The Hall–Kier alpha value is -0.650. The molecule has 5 heteroatoms. The molecule has 1 rings (SSSR count). The highest BCUT2D eigenvalue weighted by atomic mass is 16.5. The van der Waals surface area contributed by atoms with Gasteiger partial charge in [0.1, 0.15) is 0 Å². The Morgan fingerprint density at radius 2 is 2.36 bits per heavy atom. The first-order chi connectivity index (χ1) is 6.54. The number of carbonyl (C=O) groups excluding carboxylic acids is 1. The van der Waals surface area contributed by atoms with E-state index in [1.807, 2.05) is 11.8 Å². The van der Waals surface area contributed by atoms with Crippen molar-refractivity contribution in [3.63, 3.8) is 0 Å². The van der Waals surface area contributed by atoms with Crippen LogP contribution in [0.4, 0.5) is 0 Å². The van der Waals surface area contributed by atoms with Gasteiger partial charge in [0.05, 0.1) is 24.9 Å². The van der Waals surface area contributed by atoms with Crippen molar-refractivity contribution >= 4 is 5.91 Å². The van der Waals surface area contributed by atoms with E-state index >= 15 is 0 Å². The van der Waals surface area contributed by atoms with Gasteiger partial charge in [0.15, 0.2) is 0 Å². The Kier molecular flexibility index (Phi) is 3.86. The molecule has 1 aliphatic rings. The van der Waals surface area contributed by atoms with Crippen molar-refractivity contribution in [2.24, 2.45) is 5.73 Å². The van der Waals surface area contributed by atoms with Crippen molar-refractivity contribution in [1.29, 1.82) is 0 Å². The van der Waals surface area contributed by atoms with E-state index in [0.717, 1.165) is 0 Å². The van der Waals surface area contributed by atoms with E-state index in [0.29, 0.717) is 13.1 Å². The van der Waals surface area contributed by atoms with E-state index in [2.05, 4.69) is 0 Å². The quantitative estimate of drug-likeness (QED) is 0.612. The van der Waals surface area contributed by atoms with Gasteiger partial charge in [-0.2, -0.15) is 0 Å². The summed E-state index contributed by atoms with van der Waals surface area (Å²) in [4.78, 5) is 12.9. The molecule has 3 atom stereocenters. The number of nitrogens with zero attached hydrogens (tertiary/aromatic N) is 1. The number of rotatable bonds is 3. The summed E-state index contributed by atoms with van der Waals surface area (Å²) in [5.41, 5.74) is 5.22. The number of nitrogens with two attached hydrogens (primary N) is 1. The smallest absolute Gasteiger partial charge is 0.234 e. The fraction of sp³-hybridized carbons (Fsp3) is 0.889. The largest absolute Gasteiger partial charge is 0.394 e. The topological polar surface area (TPSA) is 75.8 Å². The number of morpholine rings is 1. The first-order valence-electron chi connectivity index (χ1n) is 4.84. The van der Waals surface area contributed by atoms with Gasteiger partial charge < -0.3 is 15.6 Å². The Morgan fingerprint density at radius 3 is 2.86 bits per heavy atom. The highest BCUT2D eigenvalue weighted by Gasteiger charge is 2.29. The van der Waals surface area contributed by atoms with Crippen LogP contribution in [-0.4, -0.2) is 53.9 Å². The van der Waals surface area contributed by atoms with Gasteiger partial charge in [-0.05, 0) is 13.8 Å². The third-order valence-electron chi connectivity index (χ3n) is 2.52. The van der Waals surface area contributed by atoms with Crippen molar-refractivity contribution in [3.8, 4) is 0 Å². The number of hydrogen-bond donors (Lipinski definition) is 2. The van der Waals surface area contributed by atoms with E-state index < -0.39 is 0 Å². The summed E-state index contributed by atoms with van der Waals surface area (Å²) in [6.45, 7) is 4.91. The molecule has 3 unspecified atom stereocenters. The predicted octanol–water partition coefficient (Wildman–Crippen LogP) is -1.06. The maximum atomic E-state index is 11.0. The molecule has 1 amide bonds. The molecule has 0 aliphatic carbocycles. The van der Waals surface area contributed by atoms with E-state index in [1.165, 1.54) is 0 Å². The lowest BCUT2D eigenvalue weighted by Crippen LogP contribution is -2.54. The number of carbonyl (C=O) groups is 1. The van der Waals surface area contributed by atoms with E-state index in [9.17, 15) is 4.79 Å². The maximum Gasteiger partial charge on any atom is 0.234 e. The molecule has 0 radical (unpaired) electrons. The zero-order chi connectivity index (χ0) is 10.7. The molecule has 1 aliphatic heterocycles. The number of aliphatic hydroxyl groups excluding tert-OH is 1. The molecule has 1 saturated heterocycles. The van der Waals surface area contributed by atoms with Crippen LogP contribution < -0.4 is 5.73 Å². The van der Waals surface area contributed by atoms with Crippen molar-refractivity contribution < 1.29 is 14.6 Å². The van der Waals surface area contributed by atoms with Crippen LogP contribution in [0, 0.1) is 0 Å². The van der Waals surface area contributed by atoms with Gasteiger partial charge in [0.2, 0.25) is 5.91 Å². The molecule has 0 aromatic heterocycles. The standard InChI is InChI=1S/C9H18N2O3/c1-6-3-11(7(2)9(10)13)4-8(5-12)14-6/h6-8,12H,3-5H2,1-2H3,(H2,10,13). The maximum absolute atomic E-state index is 11.0. The Bertz CT molecular complexity index is 210. The molecule has 0 saturated carbocycles. The van der Waals surface area contributed by atoms with Gasteiger partial charge in [-0.1, -0.05) is 0 Å². The third-order valence-corrected chi connectivity index (χ3v) is 2.52. The molecule has 0 bridgehead atoms. The molecule has 0 spiro atoms. The van der Waals surface area contributed by atoms with Crippen LogP contribution >= 0.6 is 0 Å². The lowest BCUT2D eigenvalue weighted by molar-refractivity contribution is -0.132. The van der Waals surface area contributed by atoms with Crippen LogP contribution in [-0.2, 0) is 9.53 Å². The minimum Gasteiger partial charge on any atom is -0.394 e. The number of aliphatic hydroxyl groups is 1. The van der Waals surface area contributed by atoms with Crippen molar-refractivity contribution in [2.75, 3.05) is 19.7 Å². The second kappa shape index (κ2) is 4.72. The first kappa shape index (κ1) is 11.4. The molecular weight excluding hydrogens is 184 g/mol. The number of ether oxygens (including phenoxy) is 1. The summed E-state index contributed by atoms with van der Waals surface area (Å²) in [5, 5.41) is 8.98. The van der Waals surface area contributed by atoms with E-state index in [1.54, 1.807) is 6.92 Å². The van der Waals surface area contributed by atoms with E-state index in [-0.39, 0.29) is 30.8 Å². The Labute approximate surface area is 83.8 Å². The second-order valence-electron chi connectivity index (χ2n) is 3.78. The van der Waals surface area contributed by atoms with Gasteiger partial charge in [-0.3, -0.25) is 9.69 Å². The fourth-order valence-corrected chi connectivity index (χ4v) is 1.68. The number of amides is 1. The molecule has 3 N–H and O–H groups in total. The number of hydrogen-bond acceptors (Lipinski definition) is 4. The molecule has 1 heterocycles. The predicted molar refractivity (Wildman–Crippen MR) is 51.7 cm³/mol. The van der Waals surface area contributed by atoms with Crippen molar-refractivity contribution in [2.45, 2.75) is 32.1 Å². The summed E-state index contributed by atoms with van der Waals surface area (Å²) >= 11 is 0. The average molecular weight is 202 g/mol. The highest BCUT2D eigenvalue weighted by Crippen LogP contribution is 2.13. The minimum absolute atomic E-state index is 0.0215.